The lowest BCUT2D eigenvalue weighted by molar-refractivity contribution is -0.136. The van der Waals surface area contributed by atoms with Crippen molar-refractivity contribution >= 4 is 40.8 Å². The van der Waals surface area contributed by atoms with Gasteiger partial charge >= 0.3 is 12.0 Å². The largest absolute Gasteiger partial charge is 0.493 e. The molecule has 0 bridgehead atoms. The Bertz CT molecular complexity index is 1310. The Morgan fingerprint density at radius 2 is 1.93 bits per heavy atom. The molecular formula is C28H35IN4O8. The molecule has 1 aliphatic rings. The zero-order valence-electron chi connectivity index (χ0n) is 23.7. The first-order chi connectivity index (χ1) is 19.6. The lowest BCUT2D eigenvalue weighted by Gasteiger charge is -2.28. The number of nitrogens with one attached hydrogen (secondary N) is 3. The quantitative estimate of drug-likeness (QED) is 0.0818. The van der Waals surface area contributed by atoms with Gasteiger partial charge < -0.3 is 39.4 Å². The number of carbonyl (C=O) groups is 2. The Morgan fingerprint density at radius 3 is 2.59 bits per heavy atom. The Hall–Kier alpha value is -3.72. The number of rotatable bonds is 13. The Balaban J connectivity index is 1.69. The Morgan fingerprint density at radius 1 is 1.17 bits per heavy atom. The minimum Gasteiger partial charge on any atom is -0.493 e. The van der Waals surface area contributed by atoms with Gasteiger partial charge in [-0.1, -0.05) is 6.07 Å². The molecule has 13 heteroatoms. The summed E-state index contributed by atoms with van der Waals surface area (Å²) < 4.78 is 28.6. The van der Waals surface area contributed by atoms with Crippen molar-refractivity contribution in [2.24, 2.45) is 5.10 Å². The second kappa shape index (κ2) is 14.8. The van der Waals surface area contributed by atoms with Crippen LogP contribution in [0.5, 0.6) is 23.0 Å². The first-order valence-corrected chi connectivity index (χ1v) is 13.9. The van der Waals surface area contributed by atoms with E-state index in [1.54, 1.807) is 44.5 Å². The lowest BCUT2D eigenvalue weighted by atomic mass is 9.95. The third kappa shape index (κ3) is 8.39. The van der Waals surface area contributed by atoms with Crippen molar-refractivity contribution in [3.8, 4) is 23.0 Å². The van der Waals surface area contributed by atoms with Gasteiger partial charge in [0.2, 0.25) is 0 Å². The topological polar surface area (TPSA) is 149 Å². The molecule has 0 aliphatic carbocycles. The zero-order valence-corrected chi connectivity index (χ0v) is 25.9. The van der Waals surface area contributed by atoms with Crippen LogP contribution in [0.25, 0.3) is 0 Å². The molecule has 2 aromatic carbocycles. The molecule has 0 fully saturated rings. The van der Waals surface area contributed by atoms with Crippen molar-refractivity contribution in [3.63, 3.8) is 0 Å². The third-order valence-corrected chi connectivity index (χ3v) is 6.52. The average molecular weight is 683 g/mol. The van der Waals surface area contributed by atoms with E-state index in [0.717, 1.165) is 9.13 Å². The molecule has 2 amide bonds. The lowest BCUT2D eigenvalue weighted by Crippen LogP contribution is -2.45. The van der Waals surface area contributed by atoms with Crippen LogP contribution < -0.4 is 35.0 Å². The number of hydrazone groups is 1. The van der Waals surface area contributed by atoms with Crippen LogP contribution in [0.2, 0.25) is 0 Å². The van der Waals surface area contributed by atoms with Gasteiger partial charge in [0.1, 0.15) is 6.61 Å². The van der Waals surface area contributed by atoms with Gasteiger partial charge in [-0.15, -0.1) is 0 Å². The molecule has 0 unspecified atom stereocenters. The Kier molecular flexibility index (Phi) is 11.5. The molecule has 12 nitrogen and oxygen atoms in total. The SMILES string of the molecule is CCOc1cc([C@@H]2NC(=O)NC(C)=C2C(=O)OC)ccc1OC[C@H](O)N/N=C/c1cc(I)c(OC(C)C)c(OC)c1. The van der Waals surface area contributed by atoms with Gasteiger partial charge in [-0.05, 0) is 85.7 Å². The summed E-state index contributed by atoms with van der Waals surface area (Å²) in [4.78, 5) is 24.5. The van der Waals surface area contributed by atoms with Crippen molar-refractivity contribution in [2.45, 2.75) is 46.1 Å². The number of aliphatic hydroxyl groups excluding tert-OH is 1. The number of methoxy groups -OCH3 is 2. The summed E-state index contributed by atoms with van der Waals surface area (Å²) in [6, 6.07) is 7.49. The number of ether oxygens (including phenoxy) is 5. The minimum absolute atomic E-state index is 0.00279. The molecule has 3 rings (SSSR count). The van der Waals surface area contributed by atoms with Crippen LogP contribution in [-0.4, -0.2) is 63.1 Å². The number of esters is 1. The summed E-state index contributed by atoms with van der Waals surface area (Å²) >= 11 is 2.17. The second-order valence-electron chi connectivity index (χ2n) is 9.12. The van der Waals surface area contributed by atoms with Crippen LogP contribution in [0.1, 0.15) is 44.9 Å². The van der Waals surface area contributed by atoms with E-state index < -0.39 is 24.3 Å². The summed E-state index contributed by atoms with van der Waals surface area (Å²) in [7, 11) is 2.85. The van der Waals surface area contributed by atoms with Gasteiger partial charge in [-0.25, -0.2) is 9.59 Å². The van der Waals surface area contributed by atoms with Gasteiger partial charge in [0.15, 0.2) is 29.2 Å². The Labute approximate surface area is 252 Å². The number of hydrogen-bond donors (Lipinski definition) is 4. The highest BCUT2D eigenvalue weighted by molar-refractivity contribution is 14.1. The highest BCUT2D eigenvalue weighted by Gasteiger charge is 2.32. The van der Waals surface area contributed by atoms with Gasteiger partial charge in [-0.3, -0.25) is 5.43 Å². The number of hydrogen-bond acceptors (Lipinski definition) is 10. The van der Waals surface area contributed by atoms with E-state index in [1.165, 1.54) is 7.11 Å². The van der Waals surface area contributed by atoms with E-state index in [-0.39, 0.29) is 18.3 Å². The van der Waals surface area contributed by atoms with Gasteiger partial charge in [0, 0.05) is 5.70 Å². The van der Waals surface area contributed by atoms with Crippen LogP contribution in [0.4, 0.5) is 4.79 Å². The number of benzene rings is 2. The minimum atomic E-state index is -1.13. The summed E-state index contributed by atoms with van der Waals surface area (Å²) in [6.07, 6.45) is 0.414. The van der Waals surface area contributed by atoms with Crippen LogP contribution in [-0.2, 0) is 9.53 Å². The molecule has 0 spiro atoms. The van der Waals surface area contributed by atoms with E-state index in [2.05, 4.69) is 43.8 Å². The maximum Gasteiger partial charge on any atom is 0.337 e. The molecule has 0 saturated carbocycles. The monoisotopic (exact) mass is 682 g/mol. The van der Waals surface area contributed by atoms with Gasteiger partial charge in [0.25, 0.3) is 0 Å². The van der Waals surface area contributed by atoms with E-state index in [4.69, 9.17) is 23.7 Å². The van der Waals surface area contributed by atoms with Crippen LogP contribution in [0, 0.1) is 3.57 Å². The first kappa shape index (κ1) is 31.8. The molecule has 1 heterocycles. The van der Waals surface area contributed by atoms with Crippen LogP contribution in [0.3, 0.4) is 0 Å². The number of urea groups is 1. The number of aliphatic hydroxyl groups is 1. The number of nitrogens with zero attached hydrogens (tertiary/aromatic N) is 1. The normalized spacial score (nSPS) is 15.7. The van der Waals surface area contributed by atoms with Crippen molar-refractivity contribution in [1.82, 2.24) is 16.1 Å². The fraction of sp³-hybridized carbons (Fsp3) is 0.393. The number of allylic oxidation sites excluding steroid dienone is 1. The molecule has 0 radical (unpaired) electrons. The fourth-order valence-corrected chi connectivity index (χ4v) is 4.74. The van der Waals surface area contributed by atoms with Crippen molar-refractivity contribution < 1.29 is 38.4 Å². The standard InChI is InChI=1S/C28H35IN4O8/c1-7-39-21-12-18(25-24(27(35)38-6)16(4)31-28(36)32-25)8-9-20(21)40-14-23(34)33-30-13-17-10-19(29)26(41-15(2)3)22(11-17)37-5/h8-13,15,23,25,33-34H,7,14H2,1-6H3,(H2,31,32,36)/b30-13+/t23-,25-/m0/s1. The highest BCUT2D eigenvalue weighted by Crippen LogP contribution is 2.36. The fourth-order valence-electron chi connectivity index (χ4n) is 3.98. The van der Waals surface area contributed by atoms with Gasteiger partial charge in [-0.2, -0.15) is 5.10 Å². The summed E-state index contributed by atoms with van der Waals surface area (Å²) in [6.45, 7) is 7.52. The molecule has 1 aliphatic heterocycles. The van der Waals surface area contributed by atoms with E-state index in [9.17, 15) is 14.7 Å². The molecule has 2 atom stereocenters. The van der Waals surface area contributed by atoms with Crippen LogP contribution >= 0.6 is 22.6 Å². The number of carbonyl (C=O) groups excluding carboxylic acids is 2. The van der Waals surface area contributed by atoms with E-state index >= 15 is 0 Å². The first-order valence-electron chi connectivity index (χ1n) is 12.8. The molecule has 0 saturated heterocycles. The van der Waals surface area contributed by atoms with Crippen molar-refractivity contribution in [1.29, 1.82) is 0 Å². The molecule has 41 heavy (non-hydrogen) atoms. The van der Waals surface area contributed by atoms with E-state index in [0.29, 0.717) is 40.9 Å². The predicted molar refractivity (Wildman–Crippen MR) is 160 cm³/mol. The second-order valence-corrected chi connectivity index (χ2v) is 10.3. The summed E-state index contributed by atoms with van der Waals surface area (Å²) in [5.74, 6) is 1.41. The zero-order chi connectivity index (χ0) is 30.1. The van der Waals surface area contributed by atoms with Crippen LogP contribution in [0.15, 0.2) is 46.7 Å². The van der Waals surface area contributed by atoms with E-state index in [1.807, 2.05) is 26.8 Å². The van der Waals surface area contributed by atoms with Crippen molar-refractivity contribution in [3.05, 3.63) is 56.3 Å². The summed E-state index contributed by atoms with van der Waals surface area (Å²) in [5, 5.41) is 19.8. The molecular weight excluding hydrogens is 647 g/mol. The smallest absolute Gasteiger partial charge is 0.337 e. The van der Waals surface area contributed by atoms with Gasteiger partial charge in [0.05, 0.1) is 48.3 Å². The number of amides is 2. The molecule has 222 valence electrons. The predicted octanol–water partition coefficient (Wildman–Crippen LogP) is 3.61. The third-order valence-electron chi connectivity index (χ3n) is 5.71. The molecule has 4 N–H and O–H groups in total. The molecule has 2 aromatic rings. The average Bonchev–Trinajstić information content (AvgIpc) is 2.92. The summed E-state index contributed by atoms with van der Waals surface area (Å²) in [5.41, 5.74) is 4.63. The van der Waals surface area contributed by atoms with Crippen molar-refractivity contribution in [2.75, 3.05) is 27.4 Å². The number of halogens is 1. The molecule has 0 aromatic heterocycles. The maximum absolute atomic E-state index is 12.4. The highest BCUT2D eigenvalue weighted by atomic mass is 127. The maximum atomic E-state index is 12.4.